The Morgan fingerprint density at radius 1 is 0.852 bits per heavy atom. The van der Waals surface area contributed by atoms with Crippen molar-refractivity contribution in [2.45, 2.75) is 72.6 Å². The lowest BCUT2D eigenvalue weighted by molar-refractivity contribution is -0.170. The van der Waals surface area contributed by atoms with Crippen LogP contribution in [0.3, 0.4) is 0 Å². The molecule has 27 heavy (non-hydrogen) atoms. The standard InChI is InChI=1S/C21H36O6/c1-14(2)8-6-12-26-20(24)17-11-5-10-16(19(22)23)18(17)21(25)27-13-7-9-15(3)4/h14-18H,5-13H2,1-4H3,(H,22,23). The summed E-state index contributed by atoms with van der Waals surface area (Å²) in [6, 6.07) is 0. The average molecular weight is 385 g/mol. The van der Waals surface area contributed by atoms with E-state index in [9.17, 15) is 19.5 Å². The fourth-order valence-electron chi connectivity index (χ4n) is 3.60. The molecule has 0 radical (unpaired) electrons. The third kappa shape index (κ3) is 8.31. The summed E-state index contributed by atoms with van der Waals surface area (Å²) in [6.45, 7) is 8.96. The zero-order valence-corrected chi connectivity index (χ0v) is 17.2. The quantitative estimate of drug-likeness (QED) is 0.427. The molecule has 0 aromatic carbocycles. The van der Waals surface area contributed by atoms with Gasteiger partial charge in [-0.2, -0.15) is 0 Å². The Kier molecular flexibility index (Phi) is 10.4. The van der Waals surface area contributed by atoms with Crippen LogP contribution in [0.25, 0.3) is 0 Å². The van der Waals surface area contributed by atoms with E-state index in [0.717, 1.165) is 25.7 Å². The highest BCUT2D eigenvalue weighted by atomic mass is 16.5. The molecule has 6 nitrogen and oxygen atoms in total. The van der Waals surface area contributed by atoms with Crippen molar-refractivity contribution < 1.29 is 29.0 Å². The molecule has 1 saturated carbocycles. The molecule has 0 aromatic heterocycles. The molecule has 1 N–H and O–H groups in total. The first-order valence-electron chi connectivity index (χ1n) is 10.3. The van der Waals surface area contributed by atoms with Gasteiger partial charge in [-0.15, -0.1) is 0 Å². The maximum absolute atomic E-state index is 12.6. The van der Waals surface area contributed by atoms with E-state index in [1.54, 1.807) is 0 Å². The summed E-state index contributed by atoms with van der Waals surface area (Å²) < 4.78 is 10.7. The summed E-state index contributed by atoms with van der Waals surface area (Å²) in [5, 5.41) is 9.52. The third-order valence-electron chi connectivity index (χ3n) is 5.13. The van der Waals surface area contributed by atoms with Crippen LogP contribution in [0.5, 0.6) is 0 Å². The smallest absolute Gasteiger partial charge is 0.310 e. The molecule has 0 spiro atoms. The summed E-state index contributed by atoms with van der Waals surface area (Å²) in [5.41, 5.74) is 0. The van der Waals surface area contributed by atoms with Crippen molar-refractivity contribution in [1.82, 2.24) is 0 Å². The normalized spacial score (nSPS) is 22.7. The van der Waals surface area contributed by atoms with Crippen LogP contribution in [-0.2, 0) is 23.9 Å². The van der Waals surface area contributed by atoms with Crippen LogP contribution in [-0.4, -0.2) is 36.2 Å². The molecule has 0 saturated heterocycles. The molecule has 0 bridgehead atoms. The molecular formula is C21H36O6. The molecule has 156 valence electrons. The second kappa shape index (κ2) is 12.0. The first kappa shape index (κ1) is 23.4. The summed E-state index contributed by atoms with van der Waals surface area (Å²) in [6.07, 6.45) is 4.84. The molecule has 0 aromatic rings. The SMILES string of the molecule is CC(C)CCCOC(=O)C1CCCC(C(=O)O)C1C(=O)OCCCC(C)C. The first-order chi connectivity index (χ1) is 12.7. The zero-order valence-electron chi connectivity index (χ0n) is 17.2. The van der Waals surface area contributed by atoms with Crippen LogP contribution in [0.15, 0.2) is 0 Å². The number of carboxylic acids is 1. The second-order valence-corrected chi connectivity index (χ2v) is 8.42. The zero-order chi connectivity index (χ0) is 20.4. The lowest BCUT2D eigenvalue weighted by atomic mass is 9.72. The highest BCUT2D eigenvalue weighted by Gasteiger charge is 2.46. The lowest BCUT2D eigenvalue weighted by Crippen LogP contribution is -2.43. The number of carbonyl (C=O) groups is 3. The van der Waals surface area contributed by atoms with E-state index < -0.39 is 35.7 Å². The largest absolute Gasteiger partial charge is 0.481 e. The number of carbonyl (C=O) groups excluding carboxylic acids is 2. The minimum Gasteiger partial charge on any atom is -0.481 e. The van der Waals surface area contributed by atoms with Crippen LogP contribution in [0, 0.1) is 29.6 Å². The summed E-state index contributed by atoms with van der Waals surface area (Å²) in [5.74, 6) is -3.60. The molecule has 1 rings (SSSR count). The molecule has 3 unspecified atom stereocenters. The van der Waals surface area contributed by atoms with Gasteiger partial charge in [-0.05, 0) is 50.4 Å². The Morgan fingerprint density at radius 2 is 1.33 bits per heavy atom. The molecule has 0 heterocycles. The van der Waals surface area contributed by atoms with E-state index in [0.29, 0.717) is 37.7 Å². The van der Waals surface area contributed by atoms with Gasteiger partial charge in [0.05, 0.1) is 31.0 Å². The topological polar surface area (TPSA) is 89.9 Å². The van der Waals surface area contributed by atoms with Crippen molar-refractivity contribution in [2.75, 3.05) is 13.2 Å². The monoisotopic (exact) mass is 384 g/mol. The predicted octanol–water partition coefficient (Wildman–Crippen LogP) is 4.06. The Bertz CT molecular complexity index is 485. The van der Waals surface area contributed by atoms with Crippen molar-refractivity contribution in [3.63, 3.8) is 0 Å². The van der Waals surface area contributed by atoms with Crippen LogP contribution >= 0.6 is 0 Å². The van der Waals surface area contributed by atoms with Gasteiger partial charge >= 0.3 is 17.9 Å². The molecule has 3 atom stereocenters. The van der Waals surface area contributed by atoms with Gasteiger partial charge < -0.3 is 14.6 Å². The van der Waals surface area contributed by atoms with Gasteiger partial charge in [0.1, 0.15) is 0 Å². The molecule has 6 heteroatoms. The van der Waals surface area contributed by atoms with Gasteiger partial charge in [0.2, 0.25) is 0 Å². The summed E-state index contributed by atoms with van der Waals surface area (Å²) in [4.78, 5) is 36.8. The van der Waals surface area contributed by atoms with Crippen molar-refractivity contribution in [3.8, 4) is 0 Å². The second-order valence-electron chi connectivity index (χ2n) is 8.42. The van der Waals surface area contributed by atoms with Crippen molar-refractivity contribution in [1.29, 1.82) is 0 Å². The van der Waals surface area contributed by atoms with Gasteiger partial charge in [0.25, 0.3) is 0 Å². The highest BCUT2D eigenvalue weighted by Crippen LogP contribution is 2.37. The lowest BCUT2D eigenvalue weighted by Gasteiger charge is -2.33. The van der Waals surface area contributed by atoms with Crippen molar-refractivity contribution >= 4 is 17.9 Å². The first-order valence-corrected chi connectivity index (χ1v) is 10.3. The van der Waals surface area contributed by atoms with Gasteiger partial charge in [0.15, 0.2) is 0 Å². The Hall–Kier alpha value is -1.59. The van der Waals surface area contributed by atoms with E-state index in [1.165, 1.54) is 0 Å². The van der Waals surface area contributed by atoms with Gasteiger partial charge in [0, 0.05) is 0 Å². The number of aliphatic carboxylic acids is 1. The van der Waals surface area contributed by atoms with Gasteiger partial charge in [-0.1, -0.05) is 34.1 Å². The van der Waals surface area contributed by atoms with Crippen LogP contribution < -0.4 is 0 Å². The van der Waals surface area contributed by atoms with E-state index in [4.69, 9.17) is 9.47 Å². The number of ether oxygens (including phenoxy) is 2. The van der Waals surface area contributed by atoms with Gasteiger partial charge in [-0.3, -0.25) is 14.4 Å². The predicted molar refractivity (Wildman–Crippen MR) is 102 cm³/mol. The van der Waals surface area contributed by atoms with E-state index in [-0.39, 0.29) is 6.61 Å². The van der Waals surface area contributed by atoms with Crippen LogP contribution in [0.2, 0.25) is 0 Å². The maximum Gasteiger partial charge on any atom is 0.310 e. The number of hydrogen-bond donors (Lipinski definition) is 1. The van der Waals surface area contributed by atoms with Gasteiger partial charge in [-0.25, -0.2) is 0 Å². The molecule has 0 aliphatic heterocycles. The fraction of sp³-hybridized carbons (Fsp3) is 0.857. The fourth-order valence-corrected chi connectivity index (χ4v) is 3.60. The minimum absolute atomic E-state index is 0.260. The Labute approximate surface area is 163 Å². The van der Waals surface area contributed by atoms with E-state index >= 15 is 0 Å². The number of hydrogen-bond acceptors (Lipinski definition) is 5. The maximum atomic E-state index is 12.6. The Morgan fingerprint density at radius 3 is 1.81 bits per heavy atom. The molecular weight excluding hydrogens is 348 g/mol. The number of rotatable bonds is 11. The van der Waals surface area contributed by atoms with E-state index in [1.807, 2.05) is 0 Å². The summed E-state index contributed by atoms with van der Waals surface area (Å²) >= 11 is 0. The van der Waals surface area contributed by atoms with Crippen LogP contribution in [0.4, 0.5) is 0 Å². The Balaban J connectivity index is 2.69. The van der Waals surface area contributed by atoms with Crippen LogP contribution in [0.1, 0.15) is 72.6 Å². The molecule has 1 aliphatic rings. The minimum atomic E-state index is -1.04. The number of carboxylic acid groups (broad SMARTS) is 1. The average Bonchev–Trinajstić information content (AvgIpc) is 2.60. The van der Waals surface area contributed by atoms with Crippen molar-refractivity contribution in [3.05, 3.63) is 0 Å². The van der Waals surface area contributed by atoms with Crippen molar-refractivity contribution in [2.24, 2.45) is 29.6 Å². The molecule has 1 fully saturated rings. The highest BCUT2D eigenvalue weighted by molar-refractivity contribution is 5.87. The third-order valence-corrected chi connectivity index (χ3v) is 5.13. The molecule has 1 aliphatic carbocycles. The number of esters is 2. The molecule has 0 amide bonds. The van der Waals surface area contributed by atoms with E-state index in [2.05, 4.69) is 27.7 Å². The summed E-state index contributed by atoms with van der Waals surface area (Å²) in [7, 11) is 0.